The van der Waals surface area contributed by atoms with Gasteiger partial charge >= 0.3 is 6.09 Å². The zero-order valence-electron chi connectivity index (χ0n) is 17.2. The van der Waals surface area contributed by atoms with E-state index in [-0.39, 0.29) is 12.1 Å². The van der Waals surface area contributed by atoms with Crippen molar-refractivity contribution in [2.24, 2.45) is 0 Å². The van der Waals surface area contributed by atoms with Crippen LogP contribution in [0.4, 0.5) is 4.79 Å². The van der Waals surface area contributed by atoms with E-state index in [4.69, 9.17) is 10.00 Å². The van der Waals surface area contributed by atoms with Gasteiger partial charge in [-0.15, -0.1) is 0 Å². The molecule has 9 heteroatoms. The number of carbonyl (C=O) groups is 1. The Kier molecular flexibility index (Phi) is 4.99. The lowest BCUT2D eigenvalue weighted by Crippen LogP contribution is -2.36. The van der Waals surface area contributed by atoms with Gasteiger partial charge in [0.05, 0.1) is 34.9 Å². The van der Waals surface area contributed by atoms with Gasteiger partial charge < -0.3 is 4.74 Å². The van der Waals surface area contributed by atoms with Crippen molar-refractivity contribution >= 4 is 6.09 Å². The number of likely N-dealkylation sites (tertiary alicyclic amines) is 1. The Labute approximate surface area is 174 Å². The molecule has 1 atom stereocenters. The molecule has 1 fully saturated rings. The van der Waals surface area contributed by atoms with Gasteiger partial charge in [-0.05, 0) is 51.8 Å². The van der Waals surface area contributed by atoms with Crippen molar-refractivity contribution in [3.63, 3.8) is 0 Å². The van der Waals surface area contributed by atoms with Crippen molar-refractivity contribution in [2.75, 3.05) is 6.54 Å². The van der Waals surface area contributed by atoms with Crippen molar-refractivity contribution in [3.05, 3.63) is 48.0 Å². The topological polar surface area (TPSA) is 113 Å². The largest absolute Gasteiger partial charge is 0.444 e. The summed E-state index contributed by atoms with van der Waals surface area (Å²) in [7, 11) is 0. The maximum absolute atomic E-state index is 12.6. The van der Waals surface area contributed by atoms with Gasteiger partial charge in [0.1, 0.15) is 17.4 Å². The third-order valence-corrected chi connectivity index (χ3v) is 4.82. The average Bonchev–Trinajstić information content (AvgIpc) is 3.46. The third-order valence-electron chi connectivity index (χ3n) is 4.82. The number of hydrogen-bond donors (Lipinski definition) is 1. The van der Waals surface area contributed by atoms with Gasteiger partial charge in [-0.3, -0.25) is 15.0 Å². The van der Waals surface area contributed by atoms with Crippen molar-refractivity contribution in [2.45, 2.75) is 45.3 Å². The number of hydrogen-bond acceptors (Lipinski definition) is 6. The molecule has 4 rings (SSSR count). The first-order valence-corrected chi connectivity index (χ1v) is 9.80. The highest BCUT2D eigenvalue weighted by atomic mass is 16.6. The van der Waals surface area contributed by atoms with Crippen molar-refractivity contribution < 1.29 is 9.53 Å². The van der Waals surface area contributed by atoms with Gasteiger partial charge in [-0.25, -0.2) is 9.48 Å². The van der Waals surface area contributed by atoms with Crippen LogP contribution in [0.15, 0.2) is 36.8 Å². The maximum atomic E-state index is 12.6. The molecule has 0 unspecified atom stereocenters. The summed E-state index contributed by atoms with van der Waals surface area (Å²) in [4.78, 5) is 18.7. The van der Waals surface area contributed by atoms with Gasteiger partial charge in [0.2, 0.25) is 0 Å². The Hall–Kier alpha value is -3.67. The second kappa shape index (κ2) is 7.63. The van der Waals surface area contributed by atoms with E-state index in [1.54, 1.807) is 22.0 Å². The predicted octanol–water partition coefficient (Wildman–Crippen LogP) is 3.60. The van der Waals surface area contributed by atoms with Gasteiger partial charge in [-0.1, -0.05) is 0 Å². The number of aromatic nitrogens is 5. The van der Waals surface area contributed by atoms with Crippen molar-refractivity contribution in [3.8, 4) is 23.1 Å². The first-order chi connectivity index (χ1) is 14.3. The number of nitrogens with one attached hydrogen (secondary N) is 1. The summed E-state index contributed by atoms with van der Waals surface area (Å²) >= 11 is 0. The molecule has 3 aromatic heterocycles. The normalized spacial score (nSPS) is 16.5. The molecule has 1 N–H and O–H groups in total. The monoisotopic (exact) mass is 405 g/mol. The molecule has 0 aromatic carbocycles. The quantitative estimate of drug-likeness (QED) is 0.712. The Morgan fingerprint density at radius 2 is 2.17 bits per heavy atom. The van der Waals surface area contributed by atoms with E-state index < -0.39 is 5.60 Å². The number of pyridine rings is 1. The van der Waals surface area contributed by atoms with Crippen molar-refractivity contribution in [1.29, 1.82) is 5.26 Å². The molecule has 0 spiro atoms. The molecule has 30 heavy (non-hydrogen) atoms. The first kappa shape index (κ1) is 19.6. The number of nitriles is 1. The second-order valence-corrected chi connectivity index (χ2v) is 8.22. The zero-order chi connectivity index (χ0) is 21.3. The Morgan fingerprint density at radius 3 is 2.90 bits per heavy atom. The molecule has 1 amide bonds. The molecule has 0 bridgehead atoms. The molecule has 154 valence electrons. The fourth-order valence-electron chi connectivity index (χ4n) is 3.49. The van der Waals surface area contributed by atoms with E-state index in [1.165, 1.54) is 6.20 Å². The standard InChI is InChI=1S/C21H23N7O2/c1-21(2,3)30-20(29)27-8-4-5-19(27)18-10-17(25-26-18)16-9-15(6-7-23-16)28-13-14(11-22)12-24-28/h6-7,9-10,12-13,19H,4-5,8H2,1-3H3,(H,25,26)/t19-/m0/s1. The Bertz CT molecular complexity index is 1100. The van der Waals surface area contributed by atoms with E-state index in [1.807, 2.05) is 39.0 Å². The average molecular weight is 405 g/mol. The lowest BCUT2D eigenvalue weighted by molar-refractivity contribution is 0.0221. The highest BCUT2D eigenvalue weighted by Gasteiger charge is 2.34. The van der Waals surface area contributed by atoms with Crippen LogP contribution in [-0.2, 0) is 4.74 Å². The third kappa shape index (κ3) is 4.03. The molecule has 1 saturated heterocycles. The van der Waals surface area contributed by atoms with E-state index in [9.17, 15) is 4.79 Å². The molecule has 4 heterocycles. The van der Waals surface area contributed by atoms with Gasteiger partial charge in [0.25, 0.3) is 0 Å². The lowest BCUT2D eigenvalue weighted by atomic mass is 10.1. The fourth-order valence-corrected chi connectivity index (χ4v) is 3.49. The maximum Gasteiger partial charge on any atom is 0.410 e. The summed E-state index contributed by atoms with van der Waals surface area (Å²) in [5.74, 6) is 0. The van der Waals surface area contributed by atoms with E-state index in [0.717, 1.165) is 24.2 Å². The van der Waals surface area contributed by atoms with Gasteiger partial charge in [0, 0.05) is 18.9 Å². The van der Waals surface area contributed by atoms with Crippen LogP contribution in [0.5, 0.6) is 0 Å². The molecular weight excluding hydrogens is 382 g/mol. The van der Waals surface area contributed by atoms with Crippen LogP contribution >= 0.6 is 0 Å². The van der Waals surface area contributed by atoms with Gasteiger partial charge in [0.15, 0.2) is 0 Å². The minimum Gasteiger partial charge on any atom is -0.444 e. The van der Waals surface area contributed by atoms with E-state index in [0.29, 0.717) is 23.5 Å². The van der Waals surface area contributed by atoms with Crippen LogP contribution in [0, 0.1) is 11.3 Å². The van der Waals surface area contributed by atoms with Crippen LogP contribution in [-0.4, -0.2) is 48.1 Å². The fraction of sp³-hybridized carbons (Fsp3) is 0.381. The number of rotatable bonds is 3. The highest BCUT2D eigenvalue weighted by molar-refractivity contribution is 5.69. The minimum atomic E-state index is -0.536. The molecule has 9 nitrogen and oxygen atoms in total. The highest BCUT2D eigenvalue weighted by Crippen LogP contribution is 2.33. The summed E-state index contributed by atoms with van der Waals surface area (Å²) in [6, 6.07) is 7.55. The second-order valence-electron chi connectivity index (χ2n) is 8.22. The van der Waals surface area contributed by atoms with E-state index in [2.05, 4.69) is 26.3 Å². The molecule has 1 aliphatic rings. The predicted molar refractivity (Wildman–Crippen MR) is 109 cm³/mol. The van der Waals surface area contributed by atoms with Crippen LogP contribution < -0.4 is 0 Å². The summed E-state index contributed by atoms with van der Waals surface area (Å²) < 4.78 is 7.17. The van der Waals surface area contributed by atoms with Crippen LogP contribution in [0.2, 0.25) is 0 Å². The molecule has 0 saturated carbocycles. The van der Waals surface area contributed by atoms with E-state index >= 15 is 0 Å². The number of carbonyl (C=O) groups excluding carboxylic acids is 1. The van der Waals surface area contributed by atoms with Crippen LogP contribution in [0.1, 0.15) is 50.9 Å². The molecule has 0 radical (unpaired) electrons. The molecule has 3 aromatic rings. The summed E-state index contributed by atoms with van der Waals surface area (Å²) in [5.41, 5.74) is 2.93. The SMILES string of the molecule is CC(C)(C)OC(=O)N1CCC[C@H]1c1cc(-c2cc(-n3cc(C#N)cn3)ccn2)n[nH]1. The van der Waals surface area contributed by atoms with Gasteiger partial charge in [-0.2, -0.15) is 15.5 Å². The van der Waals surface area contributed by atoms with Crippen LogP contribution in [0.25, 0.3) is 17.1 Å². The minimum absolute atomic E-state index is 0.103. The number of H-pyrrole nitrogens is 1. The Morgan fingerprint density at radius 1 is 1.33 bits per heavy atom. The first-order valence-electron chi connectivity index (χ1n) is 9.80. The Balaban J connectivity index is 1.56. The van der Waals surface area contributed by atoms with Crippen molar-refractivity contribution in [1.82, 2.24) is 29.9 Å². The zero-order valence-corrected chi connectivity index (χ0v) is 17.2. The lowest BCUT2D eigenvalue weighted by Gasteiger charge is -2.28. The molecule has 1 aliphatic heterocycles. The number of aromatic amines is 1. The van der Waals surface area contributed by atoms with Crippen LogP contribution in [0.3, 0.4) is 0 Å². The number of ether oxygens (including phenoxy) is 1. The number of amides is 1. The molecule has 0 aliphatic carbocycles. The smallest absolute Gasteiger partial charge is 0.410 e. The summed E-state index contributed by atoms with van der Waals surface area (Å²) in [6.07, 6.45) is 6.29. The summed E-state index contributed by atoms with van der Waals surface area (Å²) in [5, 5.41) is 20.7. The molecular formula is C21H23N7O2. The summed E-state index contributed by atoms with van der Waals surface area (Å²) in [6.45, 7) is 6.24. The number of nitrogens with zero attached hydrogens (tertiary/aromatic N) is 6.